The van der Waals surface area contributed by atoms with Crippen molar-refractivity contribution in [3.05, 3.63) is 47.7 Å². The molecule has 17 heavy (non-hydrogen) atoms. The number of nitrogens with one attached hydrogen (secondary N) is 1. The van der Waals surface area contributed by atoms with Crippen LogP contribution in [0.1, 0.15) is 11.4 Å². The van der Waals surface area contributed by atoms with Crippen molar-refractivity contribution in [2.75, 3.05) is 5.32 Å². The van der Waals surface area contributed by atoms with Crippen molar-refractivity contribution < 1.29 is 9.50 Å². The van der Waals surface area contributed by atoms with E-state index in [0.717, 1.165) is 5.69 Å². The van der Waals surface area contributed by atoms with Gasteiger partial charge in [-0.25, -0.2) is 4.98 Å². The summed E-state index contributed by atoms with van der Waals surface area (Å²) in [5.41, 5.74) is 1.32. The van der Waals surface area contributed by atoms with Crippen LogP contribution in [0, 0.1) is 12.9 Å². The number of hydrogen-bond acceptors (Lipinski definition) is 4. The molecule has 0 amide bonds. The van der Waals surface area contributed by atoms with Crippen LogP contribution in [0.2, 0.25) is 0 Å². The van der Waals surface area contributed by atoms with Crippen LogP contribution in [-0.2, 0) is 6.54 Å². The van der Waals surface area contributed by atoms with Gasteiger partial charge in [0.25, 0.3) is 0 Å². The van der Waals surface area contributed by atoms with Gasteiger partial charge in [0.2, 0.25) is 5.95 Å². The minimum absolute atomic E-state index is 0.111. The normalized spacial score (nSPS) is 10.2. The lowest BCUT2D eigenvalue weighted by molar-refractivity contribution is 0.464. The summed E-state index contributed by atoms with van der Waals surface area (Å²) < 4.78 is 12.8. The first kappa shape index (κ1) is 11.3. The van der Waals surface area contributed by atoms with Crippen molar-refractivity contribution in [1.29, 1.82) is 0 Å². The molecule has 0 unspecified atom stereocenters. The molecule has 0 saturated carbocycles. The van der Waals surface area contributed by atoms with Gasteiger partial charge in [-0.2, -0.15) is 4.39 Å². The lowest BCUT2D eigenvalue weighted by atomic mass is 10.3. The summed E-state index contributed by atoms with van der Waals surface area (Å²) in [5.74, 6) is -0.0244. The monoisotopic (exact) mass is 233 g/mol. The Hall–Kier alpha value is -2.17. The molecule has 0 saturated heterocycles. The second-order valence-corrected chi connectivity index (χ2v) is 3.62. The lowest BCUT2D eigenvalue weighted by Crippen LogP contribution is -2.04. The molecule has 0 bridgehead atoms. The maximum atomic E-state index is 12.8. The van der Waals surface area contributed by atoms with Crippen LogP contribution in [0.15, 0.2) is 30.3 Å². The number of nitrogens with zero attached hydrogens (tertiary/aromatic N) is 2. The Kier molecular flexibility index (Phi) is 3.18. The fourth-order valence-electron chi connectivity index (χ4n) is 1.41. The second kappa shape index (κ2) is 4.78. The van der Waals surface area contributed by atoms with E-state index in [1.807, 2.05) is 6.92 Å². The quantitative estimate of drug-likeness (QED) is 0.798. The van der Waals surface area contributed by atoms with E-state index in [-0.39, 0.29) is 5.75 Å². The highest BCUT2D eigenvalue weighted by Gasteiger charge is 2.03. The van der Waals surface area contributed by atoms with Gasteiger partial charge in [-0.05, 0) is 31.2 Å². The van der Waals surface area contributed by atoms with Crippen molar-refractivity contribution in [3.63, 3.8) is 0 Å². The van der Waals surface area contributed by atoms with Crippen molar-refractivity contribution in [2.45, 2.75) is 13.5 Å². The summed E-state index contributed by atoms with van der Waals surface area (Å²) in [6.45, 7) is 2.13. The van der Waals surface area contributed by atoms with E-state index in [0.29, 0.717) is 18.1 Å². The van der Waals surface area contributed by atoms with Crippen LogP contribution in [0.4, 0.5) is 10.2 Å². The molecule has 0 aliphatic carbocycles. The van der Waals surface area contributed by atoms with Crippen LogP contribution in [0.25, 0.3) is 0 Å². The van der Waals surface area contributed by atoms with Gasteiger partial charge < -0.3 is 10.4 Å². The molecule has 0 aliphatic rings. The average Bonchev–Trinajstić information content (AvgIpc) is 2.30. The minimum atomic E-state index is -0.545. The molecule has 0 aromatic carbocycles. The van der Waals surface area contributed by atoms with E-state index in [2.05, 4.69) is 15.3 Å². The Labute approximate surface area is 98.2 Å². The molecule has 2 rings (SSSR count). The highest BCUT2D eigenvalue weighted by Crippen LogP contribution is 2.16. The van der Waals surface area contributed by atoms with Crippen LogP contribution in [0.3, 0.4) is 0 Å². The van der Waals surface area contributed by atoms with Crippen molar-refractivity contribution in [2.24, 2.45) is 0 Å². The topological polar surface area (TPSA) is 58.0 Å². The Morgan fingerprint density at radius 1 is 1.24 bits per heavy atom. The largest absolute Gasteiger partial charge is 0.506 e. The van der Waals surface area contributed by atoms with E-state index in [9.17, 15) is 9.50 Å². The minimum Gasteiger partial charge on any atom is -0.506 e. The summed E-state index contributed by atoms with van der Waals surface area (Å²) >= 11 is 0. The van der Waals surface area contributed by atoms with Gasteiger partial charge in [0.05, 0.1) is 6.54 Å². The molecule has 2 heterocycles. The maximum Gasteiger partial charge on any atom is 0.214 e. The summed E-state index contributed by atoms with van der Waals surface area (Å²) in [7, 11) is 0. The predicted octanol–water partition coefficient (Wildman–Crippen LogP) is 2.24. The highest BCUT2D eigenvalue weighted by molar-refractivity contribution is 5.36. The maximum absolute atomic E-state index is 12.8. The first-order valence-corrected chi connectivity index (χ1v) is 5.17. The summed E-state index contributed by atoms with van der Waals surface area (Å²) in [6.07, 6.45) is 0. The number of aromatic nitrogens is 2. The van der Waals surface area contributed by atoms with Crippen LogP contribution in [0.5, 0.6) is 5.75 Å². The van der Waals surface area contributed by atoms with Crippen LogP contribution < -0.4 is 5.32 Å². The van der Waals surface area contributed by atoms with Gasteiger partial charge in [-0.15, -0.1) is 0 Å². The number of pyridine rings is 2. The molecular formula is C12H12FN3O. The number of anilines is 1. The van der Waals surface area contributed by atoms with Gasteiger partial charge in [-0.3, -0.25) is 4.98 Å². The van der Waals surface area contributed by atoms with E-state index in [1.54, 1.807) is 24.3 Å². The van der Waals surface area contributed by atoms with Crippen LogP contribution in [-0.4, -0.2) is 15.1 Å². The summed E-state index contributed by atoms with van der Waals surface area (Å²) in [4.78, 5) is 7.83. The third kappa shape index (κ3) is 2.90. The Morgan fingerprint density at radius 3 is 2.82 bits per heavy atom. The summed E-state index contributed by atoms with van der Waals surface area (Å²) in [5, 5.41) is 12.5. The van der Waals surface area contributed by atoms with E-state index < -0.39 is 5.95 Å². The molecule has 0 spiro atoms. The zero-order valence-corrected chi connectivity index (χ0v) is 9.31. The molecule has 0 fully saturated rings. The number of aromatic hydroxyl groups is 1. The number of halogens is 1. The third-order valence-electron chi connectivity index (χ3n) is 2.24. The lowest BCUT2D eigenvalue weighted by Gasteiger charge is -2.07. The molecule has 5 heteroatoms. The molecule has 2 N–H and O–H groups in total. The first-order chi connectivity index (χ1) is 8.15. The molecule has 0 radical (unpaired) electrons. The molecule has 2 aromatic rings. The van der Waals surface area contributed by atoms with E-state index >= 15 is 0 Å². The standard InChI is InChI=1S/C12H12FN3O/c1-8-5-6-10(17)9(15-8)7-14-12-4-2-3-11(13)16-12/h2-6,17H,7H2,1H3,(H,14,16). The van der Waals surface area contributed by atoms with Crippen molar-refractivity contribution >= 4 is 5.82 Å². The van der Waals surface area contributed by atoms with E-state index in [4.69, 9.17) is 0 Å². The highest BCUT2D eigenvalue weighted by atomic mass is 19.1. The predicted molar refractivity (Wildman–Crippen MR) is 62.2 cm³/mol. The molecular weight excluding hydrogens is 221 g/mol. The van der Waals surface area contributed by atoms with Gasteiger partial charge in [-0.1, -0.05) is 6.07 Å². The van der Waals surface area contributed by atoms with Crippen molar-refractivity contribution in [3.8, 4) is 5.75 Å². The molecule has 88 valence electrons. The molecule has 2 aromatic heterocycles. The molecule has 0 atom stereocenters. The van der Waals surface area contributed by atoms with Crippen LogP contribution >= 0.6 is 0 Å². The zero-order chi connectivity index (χ0) is 12.3. The van der Waals surface area contributed by atoms with Gasteiger partial charge in [0.1, 0.15) is 17.3 Å². The number of hydrogen-bond donors (Lipinski definition) is 2. The van der Waals surface area contributed by atoms with Gasteiger partial charge >= 0.3 is 0 Å². The molecule has 0 aliphatic heterocycles. The third-order valence-corrected chi connectivity index (χ3v) is 2.24. The van der Waals surface area contributed by atoms with Gasteiger partial charge in [0, 0.05) is 5.69 Å². The average molecular weight is 233 g/mol. The Bertz CT molecular complexity index is 531. The molecule has 4 nitrogen and oxygen atoms in total. The number of rotatable bonds is 3. The Balaban J connectivity index is 2.09. The second-order valence-electron chi connectivity index (χ2n) is 3.62. The van der Waals surface area contributed by atoms with E-state index in [1.165, 1.54) is 6.07 Å². The Morgan fingerprint density at radius 2 is 2.06 bits per heavy atom. The van der Waals surface area contributed by atoms with Crippen molar-refractivity contribution in [1.82, 2.24) is 9.97 Å². The smallest absolute Gasteiger partial charge is 0.214 e. The first-order valence-electron chi connectivity index (χ1n) is 5.17. The fraction of sp³-hybridized carbons (Fsp3) is 0.167. The zero-order valence-electron chi connectivity index (χ0n) is 9.31. The van der Waals surface area contributed by atoms with Gasteiger partial charge in [0.15, 0.2) is 0 Å². The number of aryl methyl sites for hydroxylation is 1. The fourth-order valence-corrected chi connectivity index (χ4v) is 1.41. The summed E-state index contributed by atoms with van der Waals surface area (Å²) in [6, 6.07) is 7.79. The SMILES string of the molecule is Cc1ccc(O)c(CNc2cccc(F)n2)n1.